The Hall–Kier alpha value is -1.35. The summed E-state index contributed by atoms with van der Waals surface area (Å²) in [5.41, 5.74) is 2.83. The van der Waals surface area contributed by atoms with Gasteiger partial charge in [0.25, 0.3) is 0 Å². The van der Waals surface area contributed by atoms with Gasteiger partial charge in [0.05, 0.1) is 6.10 Å². The Bertz CT molecular complexity index is 401. The molecular formula is C12H15NO2. The van der Waals surface area contributed by atoms with E-state index in [4.69, 9.17) is 0 Å². The van der Waals surface area contributed by atoms with Gasteiger partial charge in [-0.3, -0.25) is 4.79 Å². The van der Waals surface area contributed by atoms with Crippen molar-refractivity contribution in [3.05, 3.63) is 29.3 Å². The summed E-state index contributed by atoms with van der Waals surface area (Å²) in [5, 5.41) is 9.85. The number of amides is 1. The van der Waals surface area contributed by atoms with Gasteiger partial charge in [-0.05, 0) is 19.4 Å². The lowest BCUT2D eigenvalue weighted by atomic mass is 9.97. The van der Waals surface area contributed by atoms with Crippen LogP contribution in [0.1, 0.15) is 30.6 Å². The maximum absolute atomic E-state index is 11.4. The van der Waals surface area contributed by atoms with Gasteiger partial charge in [-0.1, -0.05) is 17.7 Å². The second kappa shape index (κ2) is 3.66. The fourth-order valence-electron chi connectivity index (χ4n) is 2.04. The Morgan fingerprint density at radius 3 is 2.93 bits per heavy atom. The summed E-state index contributed by atoms with van der Waals surface area (Å²) in [6.07, 6.45) is 0.186. The summed E-state index contributed by atoms with van der Waals surface area (Å²) in [6.45, 7) is 4.15. The second-order valence-electron chi connectivity index (χ2n) is 4.04. The van der Waals surface area contributed by atoms with Crippen molar-refractivity contribution in [2.75, 3.05) is 11.4 Å². The van der Waals surface area contributed by atoms with Crippen LogP contribution in [0.3, 0.4) is 0 Å². The van der Waals surface area contributed by atoms with Crippen molar-refractivity contribution < 1.29 is 9.90 Å². The van der Waals surface area contributed by atoms with Crippen LogP contribution in [0.2, 0.25) is 0 Å². The van der Waals surface area contributed by atoms with Crippen LogP contribution in [-0.2, 0) is 4.79 Å². The van der Waals surface area contributed by atoms with E-state index in [9.17, 15) is 9.90 Å². The normalized spacial score (nSPS) is 19.9. The fraction of sp³-hybridized carbons (Fsp3) is 0.417. The summed E-state index contributed by atoms with van der Waals surface area (Å²) in [7, 11) is 0. The lowest BCUT2D eigenvalue weighted by Gasteiger charge is -2.31. The number of benzene rings is 1. The molecule has 3 nitrogen and oxygen atoms in total. The van der Waals surface area contributed by atoms with E-state index in [0.717, 1.165) is 16.8 Å². The molecule has 0 fully saturated rings. The van der Waals surface area contributed by atoms with E-state index in [1.54, 1.807) is 11.8 Å². The Balaban J connectivity index is 2.50. The van der Waals surface area contributed by atoms with E-state index < -0.39 is 6.10 Å². The van der Waals surface area contributed by atoms with Gasteiger partial charge in [0.1, 0.15) is 0 Å². The maximum Gasteiger partial charge on any atom is 0.223 e. The number of aliphatic hydroxyl groups excluding tert-OH is 1. The number of carbonyl (C=O) groups is 1. The molecule has 2 rings (SSSR count). The van der Waals surface area contributed by atoms with Crippen molar-refractivity contribution in [2.45, 2.75) is 26.4 Å². The first kappa shape index (κ1) is 10.2. The molecule has 3 heteroatoms. The molecule has 1 aromatic rings. The molecule has 15 heavy (non-hydrogen) atoms. The van der Waals surface area contributed by atoms with Gasteiger partial charge in [-0.2, -0.15) is 0 Å². The average molecular weight is 205 g/mol. The van der Waals surface area contributed by atoms with Crippen LogP contribution in [0.25, 0.3) is 0 Å². The molecule has 1 amide bonds. The number of aryl methyl sites for hydroxylation is 1. The molecule has 0 spiro atoms. The third kappa shape index (κ3) is 1.75. The summed E-state index contributed by atoms with van der Waals surface area (Å²) in [5.74, 6) is 0.0343. The highest BCUT2D eigenvalue weighted by Gasteiger charge is 2.25. The van der Waals surface area contributed by atoms with Gasteiger partial charge >= 0.3 is 0 Å². The summed E-state index contributed by atoms with van der Waals surface area (Å²) >= 11 is 0. The molecule has 0 aromatic heterocycles. The smallest absolute Gasteiger partial charge is 0.223 e. The number of fused-ring (bicyclic) bond motifs is 1. The van der Waals surface area contributed by atoms with Crippen LogP contribution in [-0.4, -0.2) is 17.6 Å². The number of aliphatic hydroxyl groups is 1. The largest absolute Gasteiger partial charge is 0.388 e. The summed E-state index contributed by atoms with van der Waals surface area (Å²) in [4.78, 5) is 13.1. The molecule has 0 bridgehead atoms. The Labute approximate surface area is 89.3 Å². The third-order valence-electron chi connectivity index (χ3n) is 2.84. The Morgan fingerprint density at radius 2 is 2.27 bits per heavy atom. The lowest BCUT2D eigenvalue weighted by Crippen LogP contribution is -2.34. The van der Waals surface area contributed by atoms with Crippen molar-refractivity contribution in [2.24, 2.45) is 0 Å². The van der Waals surface area contributed by atoms with Crippen molar-refractivity contribution >= 4 is 11.6 Å². The zero-order valence-electron chi connectivity index (χ0n) is 9.03. The highest BCUT2D eigenvalue weighted by atomic mass is 16.3. The molecule has 1 atom stereocenters. The minimum Gasteiger partial charge on any atom is -0.388 e. The molecule has 0 radical (unpaired) electrons. The van der Waals surface area contributed by atoms with Gasteiger partial charge in [-0.25, -0.2) is 0 Å². The van der Waals surface area contributed by atoms with Crippen LogP contribution in [0.5, 0.6) is 0 Å². The monoisotopic (exact) mass is 205 g/mol. The van der Waals surface area contributed by atoms with Gasteiger partial charge < -0.3 is 10.0 Å². The zero-order chi connectivity index (χ0) is 11.0. The molecule has 80 valence electrons. The first-order valence-corrected chi connectivity index (χ1v) is 5.16. The average Bonchev–Trinajstić information content (AvgIpc) is 2.19. The van der Waals surface area contributed by atoms with Gasteiger partial charge in [0.2, 0.25) is 5.91 Å². The standard InChI is InChI=1S/C12H15NO2/c1-8-3-4-11-10(7-8)12(15)5-6-13(11)9(2)14/h3-4,7,12,15H,5-6H2,1-2H3/t12-/m1/s1. The lowest BCUT2D eigenvalue weighted by molar-refractivity contribution is -0.116. The van der Waals surface area contributed by atoms with E-state index >= 15 is 0 Å². The predicted molar refractivity (Wildman–Crippen MR) is 58.8 cm³/mol. The molecule has 0 aliphatic carbocycles. The number of nitrogens with zero attached hydrogens (tertiary/aromatic N) is 1. The van der Waals surface area contributed by atoms with Gasteiger partial charge in [0, 0.05) is 24.7 Å². The third-order valence-corrected chi connectivity index (χ3v) is 2.84. The van der Waals surface area contributed by atoms with Gasteiger partial charge in [-0.15, -0.1) is 0 Å². The SMILES string of the molecule is CC(=O)N1CC[C@@H](O)c2cc(C)ccc21. The highest BCUT2D eigenvalue weighted by Crippen LogP contribution is 2.34. The molecule has 1 N–H and O–H groups in total. The summed E-state index contributed by atoms with van der Waals surface area (Å²) < 4.78 is 0. The quantitative estimate of drug-likeness (QED) is 0.701. The fourth-order valence-corrected chi connectivity index (χ4v) is 2.04. The molecule has 1 aliphatic rings. The number of hydrogen-bond acceptors (Lipinski definition) is 2. The minimum atomic E-state index is -0.435. The van der Waals surface area contributed by atoms with Crippen LogP contribution >= 0.6 is 0 Å². The van der Waals surface area contributed by atoms with Crippen molar-refractivity contribution in [1.29, 1.82) is 0 Å². The molecule has 0 saturated heterocycles. The molecule has 1 aromatic carbocycles. The first-order chi connectivity index (χ1) is 7.09. The molecule has 1 heterocycles. The predicted octanol–water partition coefficient (Wildman–Crippen LogP) is 1.79. The van der Waals surface area contributed by atoms with E-state index in [1.165, 1.54) is 0 Å². The van der Waals surface area contributed by atoms with E-state index in [-0.39, 0.29) is 5.91 Å². The van der Waals surface area contributed by atoms with Crippen LogP contribution in [0.4, 0.5) is 5.69 Å². The Morgan fingerprint density at radius 1 is 1.53 bits per heavy atom. The topological polar surface area (TPSA) is 40.5 Å². The van der Waals surface area contributed by atoms with Crippen molar-refractivity contribution in [3.8, 4) is 0 Å². The molecule has 0 saturated carbocycles. The zero-order valence-corrected chi connectivity index (χ0v) is 9.03. The number of hydrogen-bond donors (Lipinski definition) is 1. The van der Waals surface area contributed by atoms with E-state index in [1.807, 2.05) is 25.1 Å². The van der Waals surface area contributed by atoms with Crippen molar-refractivity contribution in [1.82, 2.24) is 0 Å². The number of carbonyl (C=O) groups excluding carboxylic acids is 1. The molecular weight excluding hydrogens is 190 g/mol. The van der Waals surface area contributed by atoms with Crippen LogP contribution in [0.15, 0.2) is 18.2 Å². The number of rotatable bonds is 0. The number of anilines is 1. The summed E-state index contributed by atoms with van der Waals surface area (Å²) in [6, 6.07) is 5.83. The Kier molecular flexibility index (Phi) is 2.49. The first-order valence-electron chi connectivity index (χ1n) is 5.16. The molecule has 1 aliphatic heterocycles. The maximum atomic E-state index is 11.4. The second-order valence-corrected chi connectivity index (χ2v) is 4.04. The van der Waals surface area contributed by atoms with E-state index in [2.05, 4.69) is 0 Å². The van der Waals surface area contributed by atoms with E-state index in [0.29, 0.717) is 13.0 Å². The van der Waals surface area contributed by atoms with Crippen molar-refractivity contribution in [3.63, 3.8) is 0 Å². The van der Waals surface area contributed by atoms with Crippen LogP contribution < -0.4 is 4.90 Å². The van der Waals surface area contributed by atoms with Gasteiger partial charge in [0.15, 0.2) is 0 Å². The molecule has 0 unspecified atom stereocenters. The highest BCUT2D eigenvalue weighted by molar-refractivity contribution is 5.93. The van der Waals surface area contributed by atoms with Crippen LogP contribution in [0, 0.1) is 6.92 Å². The minimum absolute atomic E-state index is 0.0343.